The molecule has 0 heterocycles. The molecule has 0 spiro atoms. The van der Waals surface area contributed by atoms with Crippen LogP contribution in [0.3, 0.4) is 0 Å². The van der Waals surface area contributed by atoms with Crippen molar-refractivity contribution in [2.45, 2.75) is 58.4 Å². The summed E-state index contributed by atoms with van der Waals surface area (Å²) in [6.45, 7) is 5.44. The first kappa shape index (κ1) is 16.8. The summed E-state index contributed by atoms with van der Waals surface area (Å²) >= 11 is 6.25. The molecule has 1 nitrogen and oxygen atoms in total. The van der Waals surface area contributed by atoms with Crippen molar-refractivity contribution in [2.75, 3.05) is 6.54 Å². The van der Waals surface area contributed by atoms with Gasteiger partial charge in [-0.2, -0.15) is 0 Å². The molecule has 1 aliphatic rings. The van der Waals surface area contributed by atoms with Crippen LogP contribution in [0.2, 0.25) is 5.02 Å². The second-order valence-electron chi connectivity index (χ2n) is 6.66. The summed E-state index contributed by atoms with van der Waals surface area (Å²) < 4.78 is 13.5. The monoisotopic (exact) mass is 311 g/mol. The fraction of sp³-hybridized carbons (Fsp3) is 0.667. The van der Waals surface area contributed by atoms with Gasteiger partial charge in [-0.25, -0.2) is 4.39 Å². The smallest absolute Gasteiger partial charge is 0.123 e. The lowest BCUT2D eigenvalue weighted by Gasteiger charge is -2.27. The summed E-state index contributed by atoms with van der Waals surface area (Å²) in [6.07, 6.45) is 7.34. The quantitative estimate of drug-likeness (QED) is 0.735. The molecule has 0 amide bonds. The Balaban J connectivity index is 2.07. The molecule has 3 heteroatoms. The van der Waals surface area contributed by atoms with Crippen molar-refractivity contribution < 1.29 is 4.39 Å². The van der Waals surface area contributed by atoms with Gasteiger partial charge in [-0.1, -0.05) is 44.7 Å². The molecule has 0 aromatic heterocycles. The molecule has 21 heavy (non-hydrogen) atoms. The molecule has 0 radical (unpaired) electrons. The van der Waals surface area contributed by atoms with Gasteiger partial charge in [0.05, 0.1) is 0 Å². The van der Waals surface area contributed by atoms with Crippen LogP contribution < -0.4 is 5.32 Å². The SMILES string of the molecule is CC(C)NCC1CCCCCC1Cc1cc(F)ccc1Cl. The van der Waals surface area contributed by atoms with E-state index in [2.05, 4.69) is 19.2 Å². The van der Waals surface area contributed by atoms with Crippen LogP contribution in [0, 0.1) is 17.7 Å². The van der Waals surface area contributed by atoms with E-state index in [0.29, 0.717) is 22.9 Å². The van der Waals surface area contributed by atoms with Crippen molar-refractivity contribution in [1.29, 1.82) is 0 Å². The van der Waals surface area contributed by atoms with E-state index < -0.39 is 0 Å². The highest BCUT2D eigenvalue weighted by atomic mass is 35.5. The van der Waals surface area contributed by atoms with Crippen molar-refractivity contribution >= 4 is 11.6 Å². The van der Waals surface area contributed by atoms with E-state index in [1.807, 2.05) is 0 Å². The number of nitrogens with one attached hydrogen (secondary N) is 1. The maximum atomic E-state index is 13.5. The van der Waals surface area contributed by atoms with Gasteiger partial charge < -0.3 is 5.32 Å². The summed E-state index contributed by atoms with van der Waals surface area (Å²) in [5.41, 5.74) is 0.970. The lowest BCUT2D eigenvalue weighted by Crippen LogP contribution is -2.33. The molecule has 1 aromatic rings. The first-order valence-corrected chi connectivity index (χ1v) is 8.61. The predicted octanol–water partition coefficient (Wildman–Crippen LogP) is 5.22. The van der Waals surface area contributed by atoms with E-state index in [1.54, 1.807) is 12.1 Å². The zero-order valence-corrected chi connectivity index (χ0v) is 13.9. The van der Waals surface area contributed by atoms with Crippen molar-refractivity contribution in [3.63, 3.8) is 0 Å². The van der Waals surface area contributed by atoms with Crippen LogP contribution in [0.4, 0.5) is 4.39 Å². The Labute approximate surface area is 133 Å². The van der Waals surface area contributed by atoms with Crippen molar-refractivity contribution in [2.24, 2.45) is 11.8 Å². The van der Waals surface area contributed by atoms with Gasteiger partial charge in [0.1, 0.15) is 5.82 Å². The van der Waals surface area contributed by atoms with E-state index in [0.717, 1.165) is 18.5 Å². The van der Waals surface area contributed by atoms with Crippen LogP contribution >= 0.6 is 11.6 Å². The van der Waals surface area contributed by atoms with Gasteiger partial charge >= 0.3 is 0 Å². The van der Waals surface area contributed by atoms with Gasteiger partial charge in [0, 0.05) is 11.1 Å². The molecular weight excluding hydrogens is 285 g/mol. The molecule has 1 fully saturated rings. The molecule has 0 bridgehead atoms. The summed E-state index contributed by atoms with van der Waals surface area (Å²) in [7, 11) is 0. The summed E-state index contributed by atoms with van der Waals surface area (Å²) in [4.78, 5) is 0. The normalized spacial score (nSPS) is 23.3. The molecule has 1 aromatic carbocycles. The average molecular weight is 312 g/mol. The Morgan fingerprint density at radius 1 is 1.19 bits per heavy atom. The maximum absolute atomic E-state index is 13.5. The fourth-order valence-corrected chi connectivity index (χ4v) is 3.56. The second kappa shape index (κ2) is 8.14. The van der Waals surface area contributed by atoms with E-state index in [-0.39, 0.29) is 5.82 Å². The predicted molar refractivity (Wildman–Crippen MR) is 88.3 cm³/mol. The minimum atomic E-state index is -0.181. The molecule has 1 aliphatic carbocycles. The summed E-state index contributed by atoms with van der Waals surface area (Å²) in [6, 6.07) is 5.26. The third-order valence-electron chi connectivity index (χ3n) is 4.59. The van der Waals surface area contributed by atoms with Gasteiger partial charge in [-0.15, -0.1) is 0 Å². The number of hydrogen-bond donors (Lipinski definition) is 1. The van der Waals surface area contributed by atoms with Crippen molar-refractivity contribution in [3.05, 3.63) is 34.6 Å². The first-order chi connectivity index (χ1) is 10.1. The largest absolute Gasteiger partial charge is 0.314 e. The Morgan fingerprint density at radius 3 is 2.62 bits per heavy atom. The Morgan fingerprint density at radius 2 is 1.90 bits per heavy atom. The molecule has 2 atom stereocenters. The van der Waals surface area contributed by atoms with Crippen LogP contribution in [0.5, 0.6) is 0 Å². The maximum Gasteiger partial charge on any atom is 0.123 e. The van der Waals surface area contributed by atoms with Gasteiger partial charge in [-0.3, -0.25) is 0 Å². The van der Waals surface area contributed by atoms with Crippen LogP contribution in [-0.4, -0.2) is 12.6 Å². The zero-order valence-electron chi connectivity index (χ0n) is 13.2. The third kappa shape index (κ3) is 5.27. The third-order valence-corrected chi connectivity index (χ3v) is 4.96. The molecule has 0 saturated heterocycles. The number of rotatable bonds is 5. The van der Waals surface area contributed by atoms with Crippen molar-refractivity contribution in [1.82, 2.24) is 5.32 Å². The second-order valence-corrected chi connectivity index (χ2v) is 7.07. The van der Waals surface area contributed by atoms with E-state index in [1.165, 1.54) is 38.2 Å². The Hall–Kier alpha value is -0.600. The van der Waals surface area contributed by atoms with Gasteiger partial charge in [0.15, 0.2) is 0 Å². The highest BCUT2D eigenvalue weighted by molar-refractivity contribution is 6.31. The van der Waals surface area contributed by atoms with Crippen LogP contribution in [0.1, 0.15) is 51.5 Å². The minimum absolute atomic E-state index is 0.181. The van der Waals surface area contributed by atoms with Gasteiger partial charge in [0.2, 0.25) is 0 Å². The molecule has 0 aliphatic heterocycles. The van der Waals surface area contributed by atoms with E-state index in [4.69, 9.17) is 11.6 Å². The highest BCUT2D eigenvalue weighted by Crippen LogP contribution is 2.33. The molecule has 2 rings (SSSR count). The van der Waals surface area contributed by atoms with Crippen LogP contribution in [-0.2, 0) is 6.42 Å². The topological polar surface area (TPSA) is 12.0 Å². The highest BCUT2D eigenvalue weighted by Gasteiger charge is 2.24. The van der Waals surface area contributed by atoms with Crippen molar-refractivity contribution in [3.8, 4) is 0 Å². The zero-order chi connectivity index (χ0) is 15.2. The molecule has 1 N–H and O–H groups in total. The standard InChI is InChI=1S/C18H27ClFN/c1-13(2)21-12-15-7-5-3-4-6-14(15)10-16-11-17(20)8-9-18(16)19/h8-9,11,13-15,21H,3-7,10,12H2,1-2H3. The lowest BCUT2D eigenvalue weighted by atomic mass is 9.83. The number of halogens is 2. The van der Waals surface area contributed by atoms with Gasteiger partial charge in [0.25, 0.3) is 0 Å². The summed E-state index contributed by atoms with van der Waals surface area (Å²) in [5, 5.41) is 4.28. The number of benzene rings is 1. The summed E-state index contributed by atoms with van der Waals surface area (Å²) in [5.74, 6) is 1.10. The van der Waals surface area contributed by atoms with E-state index >= 15 is 0 Å². The fourth-order valence-electron chi connectivity index (χ4n) is 3.37. The Bertz CT molecular complexity index is 447. The average Bonchev–Trinajstić information content (AvgIpc) is 2.66. The van der Waals surface area contributed by atoms with Crippen LogP contribution in [0.15, 0.2) is 18.2 Å². The van der Waals surface area contributed by atoms with E-state index in [9.17, 15) is 4.39 Å². The molecule has 2 unspecified atom stereocenters. The van der Waals surface area contributed by atoms with Gasteiger partial charge in [-0.05, 0) is 61.4 Å². The first-order valence-electron chi connectivity index (χ1n) is 8.23. The number of hydrogen-bond acceptors (Lipinski definition) is 1. The molecular formula is C18H27ClFN. The van der Waals surface area contributed by atoms with Crippen LogP contribution in [0.25, 0.3) is 0 Å². The minimum Gasteiger partial charge on any atom is -0.314 e. The molecule has 1 saturated carbocycles. The lowest BCUT2D eigenvalue weighted by molar-refractivity contribution is 0.291. The molecule has 118 valence electrons. The Kier molecular flexibility index (Phi) is 6.50.